The molecule has 2 fully saturated rings. The quantitative estimate of drug-likeness (QED) is 0.629. The van der Waals surface area contributed by atoms with E-state index in [1.54, 1.807) is 4.90 Å². The molecule has 0 saturated carbocycles. The van der Waals surface area contributed by atoms with Crippen LogP contribution in [0.1, 0.15) is 19.3 Å². The van der Waals surface area contributed by atoms with Crippen LogP contribution in [0.5, 0.6) is 0 Å². The van der Waals surface area contributed by atoms with Crippen LogP contribution in [0.25, 0.3) is 0 Å². The molecule has 132 valence electrons. The van der Waals surface area contributed by atoms with Crippen molar-refractivity contribution in [2.75, 3.05) is 18.4 Å². The average molecular weight is 347 g/mol. The molecule has 3 atom stereocenters. The van der Waals surface area contributed by atoms with Crippen molar-refractivity contribution in [2.45, 2.75) is 37.4 Å². The first-order valence-electron chi connectivity index (χ1n) is 8.13. The zero-order valence-electron chi connectivity index (χ0n) is 13.4. The number of hydrogen-bond donors (Lipinski definition) is 2. The maximum atomic E-state index is 14.0. The maximum absolute atomic E-state index is 14.0. The van der Waals surface area contributed by atoms with Gasteiger partial charge in [-0.15, -0.1) is 0 Å². The molecular weight excluding hydrogens is 329 g/mol. The van der Waals surface area contributed by atoms with E-state index in [1.807, 2.05) is 0 Å². The summed E-state index contributed by atoms with van der Waals surface area (Å²) in [4.78, 5) is 24.1. The highest BCUT2D eigenvalue weighted by molar-refractivity contribution is 5.83. The number of carbonyl (C=O) groups is 1. The van der Waals surface area contributed by atoms with E-state index < -0.39 is 16.8 Å². The SMILES string of the molecule is N#C[C@@H]1CCCN1C(=O)[C@@H]1C[C@H](Nc2ccc([N+](=O)[O-])cc2F)CN1. The van der Waals surface area contributed by atoms with Crippen LogP contribution in [0, 0.1) is 27.3 Å². The van der Waals surface area contributed by atoms with E-state index in [-0.39, 0.29) is 29.4 Å². The van der Waals surface area contributed by atoms with Crippen molar-refractivity contribution in [3.8, 4) is 6.07 Å². The molecule has 25 heavy (non-hydrogen) atoms. The van der Waals surface area contributed by atoms with E-state index in [2.05, 4.69) is 16.7 Å². The minimum absolute atomic E-state index is 0.0995. The Hall–Kier alpha value is -2.73. The summed E-state index contributed by atoms with van der Waals surface area (Å²) >= 11 is 0. The summed E-state index contributed by atoms with van der Waals surface area (Å²) in [5.41, 5.74) is -0.140. The summed E-state index contributed by atoms with van der Waals surface area (Å²) in [6.45, 7) is 1.06. The number of halogens is 1. The number of rotatable bonds is 4. The van der Waals surface area contributed by atoms with E-state index in [9.17, 15) is 19.3 Å². The number of anilines is 1. The molecule has 1 aromatic rings. The lowest BCUT2D eigenvalue weighted by Crippen LogP contribution is -2.45. The molecule has 9 heteroatoms. The van der Waals surface area contributed by atoms with Gasteiger partial charge in [-0.1, -0.05) is 0 Å². The van der Waals surface area contributed by atoms with Gasteiger partial charge in [0.2, 0.25) is 5.91 Å². The molecule has 2 aliphatic heterocycles. The van der Waals surface area contributed by atoms with E-state index in [4.69, 9.17) is 5.26 Å². The van der Waals surface area contributed by atoms with Gasteiger partial charge in [0.15, 0.2) is 5.82 Å². The summed E-state index contributed by atoms with van der Waals surface area (Å²) in [6.07, 6.45) is 1.99. The van der Waals surface area contributed by atoms with E-state index in [1.165, 1.54) is 12.1 Å². The molecule has 1 aromatic carbocycles. The van der Waals surface area contributed by atoms with Crippen LogP contribution in [-0.4, -0.2) is 46.9 Å². The number of non-ortho nitro benzene ring substituents is 1. The Kier molecular flexibility index (Phi) is 4.81. The minimum atomic E-state index is -0.701. The predicted octanol–water partition coefficient (Wildman–Crippen LogP) is 1.39. The number of amides is 1. The van der Waals surface area contributed by atoms with Crippen molar-refractivity contribution < 1.29 is 14.1 Å². The van der Waals surface area contributed by atoms with Gasteiger partial charge >= 0.3 is 0 Å². The molecule has 2 heterocycles. The molecule has 8 nitrogen and oxygen atoms in total. The van der Waals surface area contributed by atoms with Crippen LogP contribution in [0.2, 0.25) is 0 Å². The Morgan fingerprint density at radius 1 is 1.52 bits per heavy atom. The second-order valence-electron chi connectivity index (χ2n) is 6.28. The van der Waals surface area contributed by atoms with Crippen LogP contribution in [0.4, 0.5) is 15.8 Å². The van der Waals surface area contributed by atoms with Gasteiger partial charge < -0.3 is 15.5 Å². The van der Waals surface area contributed by atoms with Crippen molar-refractivity contribution in [3.63, 3.8) is 0 Å². The van der Waals surface area contributed by atoms with E-state index in [0.717, 1.165) is 12.5 Å². The normalized spacial score (nSPS) is 25.6. The molecule has 2 aliphatic rings. The Bertz CT molecular complexity index is 735. The van der Waals surface area contributed by atoms with Crippen molar-refractivity contribution >= 4 is 17.3 Å². The summed E-state index contributed by atoms with van der Waals surface area (Å²) in [5.74, 6) is -0.800. The van der Waals surface area contributed by atoms with Gasteiger partial charge in [-0.3, -0.25) is 14.9 Å². The zero-order valence-corrected chi connectivity index (χ0v) is 13.4. The molecule has 0 aliphatic carbocycles. The van der Waals surface area contributed by atoms with Crippen molar-refractivity contribution in [1.29, 1.82) is 5.26 Å². The lowest BCUT2D eigenvalue weighted by molar-refractivity contribution is -0.385. The van der Waals surface area contributed by atoms with Gasteiger partial charge in [0.05, 0.1) is 28.8 Å². The minimum Gasteiger partial charge on any atom is -0.379 e. The number of benzene rings is 1. The summed E-state index contributed by atoms with van der Waals surface area (Å²) in [6, 6.07) is 4.63. The number of likely N-dealkylation sites (tertiary alicyclic amines) is 1. The standard InChI is InChI=1S/C16H18FN5O3/c17-13-7-11(22(24)25)3-4-14(13)20-10-6-15(19-9-10)16(23)21-5-1-2-12(21)8-18/h3-4,7,10,12,15,19-20H,1-2,5-6,9H2/t10-,12-,15-/m0/s1. The highest BCUT2D eigenvalue weighted by Crippen LogP contribution is 2.24. The molecule has 0 unspecified atom stereocenters. The molecule has 2 N–H and O–H groups in total. The fourth-order valence-electron chi connectivity index (χ4n) is 3.35. The van der Waals surface area contributed by atoms with E-state index >= 15 is 0 Å². The third-order valence-electron chi connectivity index (χ3n) is 4.64. The highest BCUT2D eigenvalue weighted by Gasteiger charge is 2.37. The molecular formula is C16H18FN5O3. The van der Waals surface area contributed by atoms with Gasteiger partial charge in [-0.25, -0.2) is 4.39 Å². The summed E-state index contributed by atoms with van der Waals surface area (Å²) in [5, 5.41) is 25.8. The van der Waals surface area contributed by atoms with Crippen LogP contribution < -0.4 is 10.6 Å². The van der Waals surface area contributed by atoms with Crippen LogP contribution in [0.3, 0.4) is 0 Å². The largest absolute Gasteiger partial charge is 0.379 e. The monoisotopic (exact) mass is 347 g/mol. The fourth-order valence-corrected chi connectivity index (χ4v) is 3.35. The van der Waals surface area contributed by atoms with Gasteiger partial charge in [0, 0.05) is 25.2 Å². The van der Waals surface area contributed by atoms with Gasteiger partial charge in [0.1, 0.15) is 6.04 Å². The molecule has 0 spiro atoms. The highest BCUT2D eigenvalue weighted by atomic mass is 19.1. The second kappa shape index (κ2) is 7.03. The number of nitro groups is 1. The Balaban J connectivity index is 1.61. The van der Waals surface area contributed by atoms with Crippen molar-refractivity contribution in [1.82, 2.24) is 10.2 Å². The topological polar surface area (TPSA) is 111 Å². The van der Waals surface area contributed by atoms with Crippen LogP contribution >= 0.6 is 0 Å². The number of carbonyl (C=O) groups excluding carboxylic acids is 1. The van der Waals surface area contributed by atoms with Gasteiger partial charge in [-0.05, 0) is 25.3 Å². The summed E-state index contributed by atoms with van der Waals surface area (Å²) in [7, 11) is 0. The number of nitriles is 1. The van der Waals surface area contributed by atoms with Crippen LogP contribution in [0.15, 0.2) is 18.2 Å². The molecule has 0 bridgehead atoms. The second-order valence-corrected chi connectivity index (χ2v) is 6.28. The number of nitrogens with zero attached hydrogens (tertiary/aromatic N) is 3. The molecule has 0 radical (unpaired) electrons. The Labute approximate surface area is 143 Å². The number of nitro benzene ring substituents is 1. The van der Waals surface area contributed by atoms with Gasteiger partial charge in [-0.2, -0.15) is 5.26 Å². The van der Waals surface area contributed by atoms with Crippen LogP contribution in [-0.2, 0) is 4.79 Å². The number of nitrogens with one attached hydrogen (secondary N) is 2. The lowest BCUT2D eigenvalue weighted by atomic mass is 10.1. The van der Waals surface area contributed by atoms with Crippen molar-refractivity contribution in [3.05, 3.63) is 34.1 Å². The molecule has 3 rings (SSSR count). The average Bonchev–Trinajstić information content (AvgIpc) is 3.24. The Morgan fingerprint density at radius 2 is 2.32 bits per heavy atom. The third-order valence-corrected chi connectivity index (χ3v) is 4.64. The molecule has 1 amide bonds. The fraction of sp³-hybridized carbons (Fsp3) is 0.500. The summed E-state index contributed by atoms with van der Waals surface area (Å²) < 4.78 is 14.0. The third kappa shape index (κ3) is 3.53. The smallest absolute Gasteiger partial charge is 0.272 e. The van der Waals surface area contributed by atoms with Gasteiger partial charge in [0.25, 0.3) is 5.69 Å². The lowest BCUT2D eigenvalue weighted by Gasteiger charge is -2.23. The maximum Gasteiger partial charge on any atom is 0.272 e. The van der Waals surface area contributed by atoms with E-state index in [0.29, 0.717) is 25.9 Å². The molecule has 0 aromatic heterocycles. The first kappa shape index (κ1) is 17.1. The first-order valence-corrected chi connectivity index (χ1v) is 8.13. The Morgan fingerprint density at radius 3 is 3.00 bits per heavy atom. The predicted molar refractivity (Wildman–Crippen MR) is 87.2 cm³/mol. The first-order chi connectivity index (χ1) is 12.0. The zero-order chi connectivity index (χ0) is 18.0. The molecule has 2 saturated heterocycles. The number of hydrogen-bond acceptors (Lipinski definition) is 6. The van der Waals surface area contributed by atoms with Crippen molar-refractivity contribution in [2.24, 2.45) is 0 Å².